The summed E-state index contributed by atoms with van der Waals surface area (Å²) in [6.07, 6.45) is -0.458. The predicted octanol–water partition coefficient (Wildman–Crippen LogP) is 2.98. The van der Waals surface area contributed by atoms with E-state index in [0.29, 0.717) is 5.56 Å². The topological polar surface area (TPSA) is 71.4 Å². The van der Waals surface area contributed by atoms with E-state index in [1.165, 1.54) is 12.1 Å². The van der Waals surface area contributed by atoms with Crippen molar-refractivity contribution in [3.63, 3.8) is 0 Å². The summed E-state index contributed by atoms with van der Waals surface area (Å²) in [6.45, 7) is 1.86. The van der Waals surface area contributed by atoms with Crippen LogP contribution in [0.4, 0.5) is 0 Å². The maximum atomic E-state index is 12.7. The Labute approximate surface area is 124 Å². The number of hydrogen-bond acceptors (Lipinski definition) is 3. The maximum absolute atomic E-state index is 12.7. The van der Waals surface area contributed by atoms with Gasteiger partial charge in [-0.05, 0) is 24.6 Å². The van der Waals surface area contributed by atoms with Crippen molar-refractivity contribution >= 4 is 15.8 Å². The van der Waals surface area contributed by atoms with Gasteiger partial charge in [0.2, 0.25) is 0 Å². The molecule has 2 aromatic carbocycles. The molecule has 0 spiro atoms. The van der Waals surface area contributed by atoms with Crippen molar-refractivity contribution in [1.29, 1.82) is 0 Å². The van der Waals surface area contributed by atoms with Crippen LogP contribution < -0.4 is 0 Å². The second kappa shape index (κ2) is 6.10. The van der Waals surface area contributed by atoms with E-state index in [9.17, 15) is 13.2 Å². The Balaban J connectivity index is 2.49. The first-order valence-electron chi connectivity index (χ1n) is 6.48. The molecule has 0 amide bonds. The van der Waals surface area contributed by atoms with Gasteiger partial charge < -0.3 is 5.11 Å². The smallest absolute Gasteiger partial charge is 0.305 e. The average Bonchev–Trinajstić information content (AvgIpc) is 2.46. The minimum atomic E-state index is -3.75. The summed E-state index contributed by atoms with van der Waals surface area (Å²) in [6, 6.07) is 14.9. The van der Waals surface area contributed by atoms with E-state index in [1.54, 1.807) is 42.5 Å². The number of hydrogen-bond donors (Lipinski definition) is 1. The number of carbonyl (C=O) groups is 1. The molecule has 0 aliphatic carbocycles. The normalized spacial score (nSPS) is 12.8. The summed E-state index contributed by atoms with van der Waals surface area (Å²) in [5, 5.41) is 7.95. The number of sulfone groups is 1. The number of rotatable bonds is 5. The minimum Gasteiger partial charge on any atom is -0.481 e. The van der Waals surface area contributed by atoms with E-state index in [0.717, 1.165) is 5.56 Å². The first kappa shape index (κ1) is 15.3. The number of aliphatic carboxylic acids is 1. The molecule has 0 heterocycles. The molecule has 0 fully saturated rings. The van der Waals surface area contributed by atoms with Gasteiger partial charge in [-0.2, -0.15) is 0 Å². The molecule has 5 heteroatoms. The zero-order valence-corrected chi connectivity index (χ0v) is 12.4. The summed E-state index contributed by atoms with van der Waals surface area (Å²) < 4.78 is 25.4. The fourth-order valence-electron chi connectivity index (χ4n) is 2.13. The summed E-state index contributed by atoms with van der Waals surface area (Å²) >= 11 is 0. The highest BCUT2D eigenvalue weighted by molar-refractivity contribution is 7.91. The fraction of sp³-hybridized carbons (Fsp3) is 0.188. The number of aryl methyl sites for hydroxylation is 1. The molecule has 0 unspecified atom stereocenters. The standard InChI is InChI=1S/C16H16O4S/c1-12-7-9-14(10-8-12)21(19,20)15(11-16(17)18)13-5-3-2-4-6-13/h2-10,15H,11H2,1H3,(H,17,18)/t15-/m0/s1. The van der Waals surface area contributed by atoms with E-state index in [4.69, 9.17) is 5.11 Å². The molecule has 1 atom stereocenters. The molecule has 0 saturated heterocycles. The van der Waals surface area contributed by atoms with Crippen LogP contribution in [0.5, 0.6) is 0 Å². The van der Waals surface area contributed by atoms with E-state index in [1.807, 2.05) is 6.92 Å². The first-order chi connectivity index (χ1) is 9.91. The first-order valence-corrected chi connectivity index (χ1v) is 8.03. The lowest BCUT2D eigenvalue weighted by Crippen LogP contribution is -2.17. The van der Waals surface area contributed by atoms with Crippen molar-refractivity contribution in [2.45, 2.75) is 23.5 Å². The van der Waals surface area contributed by atoms with Crippen molar-refractivity contribution < 1.29 is 18.3 Å². The highest BCUT2D eigenvalue weighted by Crippen LogP contribution is 2.31. The third-order valence-electron chi connectivity index (χ3n) is 3.26. The molecule has 0 aliphatic rings. The molecule has 0 bridgehead atoms. The van der Waals surface area contributed by atoms with E-state index >= 15 is 0 Å². The molecule has 110 valence electrons. The second-order valence-corrected chi connectivity index (χ2v) is 6.99. The van der Waals surface area contributed by atoms with Crippen LogP contribution in [-0.4, -0.2) is 19.5 Å². The van der Waals surface area contributed by atoms with Gasteiger partial charge in [0, 0.05) is 0 Å². The van der Waals surface area contributed by atoms with Crippen LogP contribution >= 0.6 is 0 Å². The van der Waals surface area contributed by atoms with Gasteiger partial charge in [-0.25, -0.2) is 8.42 Å². The van der Waals surface area contributed by atoms with Gasteiger partial charge in [0.25, 0.3) is 0 Å². The lowest BCUT2D eigenvalue weighted by molar-refractivity contribution is -0.137. The molecule has 21 heavy (non-hydrogen) atoms. The van der Waals surface area contributed by atoms with Crippen LogP contribution in [0.25, 0.3) is 0 Å². The molecule has 1 N–H and O–H groups in total. The van der Waals surface area contributed by atoms with Gasteiger partial charge in [0.15, 0.2) is 9.84 Å². The van der Waals surface area contributed by atoms with Gasteiger partial charge in [-0.1, -0.05) is 48.0 Å². The van der Waals surface area contributed by atoms with Crippen LogP contribution in [0.1, 0.15) is 22.8 Å². The predicted molar refractivity (Wildman–Crippen MR) is 79.8 cm³/mol. The number of carboxylic acid groups (broad SMARTS) is 1. The Kier molecular flexibility index (Phi) is 4.43. The zero-order valence-electron chi connectivity index (χ0n) is 11.6. The number of benzene rings is 2. The van der Waals surface area contributed by atoms with Crippen LogP contribution in [0.3, 0.4) is 0 Å². The molecule has 0 saturated carbocycles. The molecular formula is C16H16O4S. The van der Waals surface area contributed by atoms with E-state index in [2.05, 4.69) is 0 Å². The van der Waals surface area contributed by atoms with Crippen molar-refractivity contribution in [2.24, 2.45) is 0 Å². The Morgan fingerprint density at radius 1 is 1.05 bits per heavy atom. The quantitative estimate of drug-likeness (QED) is 0.921. The molecule has 0 aliphatic heterocycles. The lowest BCUT2D eigenvalue weighted by atomic mass is 10.1. The van der Waals surface area contributed by atoms with Crippen LogP contribution in [-0.2, 0) is 14.6 Å². The Morgan fingerprint density at radius 3 is 2.14 bits per heavy atom. The van der Waals surface area contributed by atoms with Crippen molar-refractivity contribution in [1.82, 2.24) is 0 Å². The average molecular weight is 304 g/mol. The Hall–Kier alpha value is -2.14. The summed E-state index contributed by atoms with van der Waals surface area (Å²) in [5.74, 6) is -1.14. The van der Waals surface area contributed by atoms with Crippen molar-refractivity contribution in [3.05, 3.63) is 65.7 Å². The molecule has 2 rings (SSSR count). The second-order valence-electron chi connectivity index (χ2n) is 4.86. The van der Waals surface area contributed by atoms with Gasteiger partial charge in [-0.3, -0.25) is 4.79 Å². The van der Waals surface area contributed by atoms with Crippen molar-refractivity contribution in [2.75, 3.05) is 0 Å². The minimum absolute atomic E-state index is 0.142. The molecular weight excluding hydrogens is 288 g/mol. The maximum Gasteiger partial charge on any atom is 0.305 e. The highest BCUT2D eigenvalue weighted by atomic mass is 32.2. The summed E-state index contributed by atoms with van der Waals surface area (Å²) in [4.78, 5) is 11.2. The van der Waals surface area contributed by atoms with Gasteiger partial charge >= 0.3 is 5.97 Å². The molecule has 0 radical (unpaired) electrons. The van der Waals surface area contributed by atoms with Crippen LogP contribution in [0.2, 0.25) is 0 Å². The Bertz CT molecular complexity index is 719. The summed E-state index contributed by atoms with van der Waals surface area (Å²) in [5.41, 5.74) is 1.43. The summed E-state index contributed by atoms with van der Waals surface area (Å²) in [7, 11) is -3.75. The number of carboxylic acids is 1. The fourth-order valence-corrected chi connectivity index (χ4v) is 3.85. The van der Waals surface area contributed by atoms with Crippen LogP contribution in [0.15, 0.2) is 59.5 Å². The Morgan fingerprint density at radius 2 is 1.62 bits per heavy atom. The van der Waals surface area contributed by atoms with E-state index < -0.39 is 27.5 Å². The lowest BCUT2D eigenvalue weighted by Gasteiger charge is -2.16. The largest absolute Gasteiger partial charge is 0.481 e. The van der Waals surface area contributed by atoms with Gasteiger partial charge in [0.1, 0.15) is 5.25 Å². The van der Waals surface area contributed by atoms with Crippen molar-refractivity contribution in [3.8, 4) is 0 Å². The third-order valence-corrected chi connectivity index (χ3v) is 5.37. The van der Waals surface area contributed by atoms with Crippen LogP contribution in [0, 0.1) is 6.92 Å². The van der Waals surface area contributed by atoms with Gasteiger partial charge in [-0.15, -0.1) is 0 Å². The molecule has 4 nitrogen and oxygen atoms in total. The SMILES string of the molecule is Cc1ccc(S(=O)(=O)[C@@H](CC(=O)O)c2ccccc2)cc1. The monoisotopic (exact) mass is 304 g/mol. The third kappa shape index (κ3) is 3.49. The van der Waals surface area contributed by atoms with Gasteiger partial charge in [0.05, 0.1) is 11.3 Å². The van der Waals surface area contributed by atoms with E-state index in [-0.39, 0.29) is 4.90 Å². The molecule has 2 aromatic rings. The highest BCUT2D eigenvalue weighted by Gasteiger charge is 2.31. The molecule has 0 aromatic heterocycles. The zero-order chi connectivity index (χ0) is 15.5.